The van der Waals surface area contributed by atoms with Crippen LogP contribution in [-0.4, -0.2) is 26.1 Å². The van der Waals surface area contributed by atoms with Gasteiger partial charge in [0.15, 0.2) is 0 Å². The molecule has 0 saturated carbocycles. The third kappa shape index (κ3) is 7.69. The van der Waals surface area contributed by atoms with Gasteiger partial charge in [-0.15, -0.1) is 13.2 Å². The summed E-state index contributed by atoms with van der Waals surface area (Å²) in [5.74, 6) is -0.193. The van der Waals surface area contributed by atoms with Crippen LogP contribution in [0, 0.1) is 0 Å². The van der Waals surface area contributed by atoms with Gasteiger partial charge in [-0.25, -0.2) is 0 Å². The first-order valence-electron chi connectivity index (χ1n) is 6.14. The van der Waals surface area contributed by atoms with Crippen molar-refractivity contribution in [2.45, 2.75) is 26.3 Å². The molecule has 0 bridgehead atoms. The molecule has 0 aliphatic rings. The predicted molar refractivity (Wildman–Crippen MR) is 65.9 cm³/mol. The van der Waals surface area contributed by atoms with Crippen LogP contribution in [0.5, 0.6) is 5.75 Å². The number of alkyl halides is 3. The van der Waals surface area contributed by atoms with Gasteiger partial charge in [-0.05, 0) is 37.6 Å². The Balaban J connectivity index is 2.32. The van der Waals surface area contributed by atoms with E-state index in [1.807, 2.05) is 6.92 Å². The molecule has 0 spiro atoms. The molecule has 1 rings (SSSR count). The first-order chi connectivity index (χ1) is 9.01. The second kappa shape index (κ2) is 8.01. The smallest absolute Gasteiger partial charge is 0.406 e. The molecule has 3 nitrogen and oxygen atoms in total. The predicted octanol–water partition coefficient (Wildman–Crippen LogP) is 3.10. The van der Waals surface area contributed by atoms with Crippen LogP contribution in [0.3, 0.4) is 0 Å². The Morgan fingerprint density at radius 3 is 2.74 bits per heavy atom. The molecule has 19 heavy (non-hydrogen) atoms. The minimum atomic E-state index is -4.65. The maximum absolute atomic E-state index is 12.0. The Labute approximate surface area is 110 Å². The average molecular weight is 277 g/mol. The highest BCUT2D eigenvalue weighted by Gasteiger charge is 2.31. The van der Waals surface area contributed by atoms with Gasteiger partial charge in [0.05, 0.1) is 0 Å². The van der Waals surface area contributed by atoms with E-state index in [4.69, 9.17) is 4.74 Å². The van der Waals surface area contributed by atoms with Gasteiger partial charge in [0.25, 0.3) is 0 Å². The number of hydrogen-bond donors (Lipinski definition) is 1. The molecule has 0 amide bonds. The van der Waals surface area contributed by atoms with Crippen LogP contribution in [-0.2, 0) is 11.3 Å². The fourth-order valence-corrected chi connectivity index (χ4v) is 1.53. The molecule has 108 valence electrons. The van der Waals surface area contributed by atoms with Crippen LogP contribution in [0.2, 0.25) is 0 Å². The van der Waals surface area contributed by atoms with E-state index in [2.05, 4.69) is 10.1 Å². The van der Waals surface area contributed by atoms with Crippen molar-refractivity contribution in [1.82, 2.24) is 5.32 Å². The first-order valence-corrected chi connectivity index (χ1v) is 6.14. The second-order valence-electron chi connectivity index (χ2n) is 3.92. The topological polar surface area (TPSA) is 30.5 Å². The SMILES string of the molecule is CCOCCCNCc1cccc(OC(F)(F)F)c1. The van der Waals surface area contributed by atoms with Crippen LogP contribution >= 0.6 is 0 Å². The highest BCUT2D eigenvalue weighted by molar-refractivity contribution is 5.28. The van der Waals surface area contributed by atoms with Gasteiger partial charge in [-0.2, -0.15) is 0 Å². The minimum absolute atomic E-state index is 0.193. The number of hydrogen-bond acceptors (Lipinski definition) is 3. The molecule has 0 aromatic heterocycles. The van der Waals surface area contributed by atoms with Crippen LogP contribution in [0.25, 0.3) is 0 Å². The Bertz CT molecular complexity index is 369. The fourth-order valence-electron chi connectivity index (χ4n) is 1.53. The molecule has 0 aliphatic heterocycles. The fraction of sp³-hybridized carbons (Fsp3) is 0.538. The summed E-state index contributed by atoms with van der Waals surface area (Å²) in [7, 11) is 0. The lowest BCUT2D eigenvalue weighted by molar-refractivity contribution is -0.274. The molecule has 1 aromatic carbocycles. The van der Waals surface area contributed by atoms with Crippen molar-refractivity contribution in [3.63, 3.8) is 0 Å². The van der Waals surface area contributed by atoms with Gasteiger partial charge in [0, 0.05) is 19.8 Å². The van der Waals surface area contributed by atoms with Gasteiger partial charge in [0.2, 0.25) is 0 Å². The lowest BCUT2D eigenvalue weighted by atomic mass is 10.2. The van der Waals surface area contributed by atoms with Crippen molar-refractivity contribution in [2.75, 3.05) is 19.8 Å². The molecule has 0 heterocycles. The summed E-state index contributed by atoms with van der Waals surface area (Å²) in [5.41, 5.74) is 0.748. The molecule has 1 N–H and O–H groups in total. The maximum Gasteiger partial charge on any atom is 0.573 e. The van der Waals surface area contributed by atoms with Gasteiger partial charge < -0.3 is 14.8 Å². The van der Waals surface area contributed by atoms with Crippen LogP contribution in [0.15, 0.2) is 24.3 Å². The number of halogens is 3. The lowest BCUT2D eigenvalue weighted by Crippen LogP contribution is -2.18. The standard InChI is InChI=1S/C13H18F3NO2/c1-2-18-8-4-7-17-10-11-5-3-6-12(9-11)19-13(14,15)16/h3,5-6,9,17H,2,4,7-8,10H2,1H3. The number of rotatable bonds is 8. The third-order valence-electron chi connectivity index (χ3n) is 2.31. The van der Waals surface area contributed by atoms with Crippen molar-refractivity contribution < 1.29 is 22.6 Å². The second-order valence-corrected chi connectivity index (χ2v) is 3.92. The third-order valence-corrected chi connectivity index (χ3v) is 2.31. The molecule has 0 radical (unpaired) electrons. The zero-order valence-electron chi connectivity index (χ0n) is 10.8. The highest BCUT2D eigenvalue weighted by atomic mass is 19.4. The van der Waals surface area contributed by atoms with Gasteiger partial charge in [-0.3, -0.25) is 0 Å². The van der Waals surface area contributed by atoms with E-state index < -0.39 is 6.36 Å². The summed E-state index contributed by atoms with van der Waals surface area (Å²) in [6.07, 6.45) is -3.78. The van der Waals surface area contributed by atoms with E-state index in [9.17, 15) is 13.2 Å². The summed E-state index contributed by atoms with van der Waals surface area (Å²) in [6.45, 7) is 4.56. The molecule has 0 aliphatic carbocycles. The quantitative estimate of drug-likeness (QED) is 0.741. The Morgan fingerprint density at radius 1 is 1.26 bits per heavy atom. The van der Waals surface area contributed by atoms with Crippen molar-refractivity contribution in [3.05, 3.63) is 29.8 Å². The highest BCUT2D eigenvalue weighted by Crippen LogP contribution is 2.23. The van der Waals surface area contributed by atoms with Crippen molar-refractivity contribution in [3.8, 4) is 5.75 Å². The van der Waals surface area contributed by atoms with Crippen LogP contribution in [0.1, 0.15) is 18.9 Å². The molecular weight excluding hydrogens is 259 g/mol. The maximum atomic E-state index is 12.0. The first kappa shape index (κ1) is 15.8. The van der Waals surface area contributed by atoms with E-state index in [0.29, 0.717) is 19.8 Å². The molecule has 0 fully saturated rings. The summed E-state index contributed by atoms with van der Waals surface area (Å²) < 4.78 is 45.2. The number of nitrogens with one attached hydrogen (secondary N) is 1. The number of benzene rings is 1. The summed E-state index contributed by atoms with van der Waals surface area (Å²) in [6, 6.07) is 5.95. The normalized spacial score (nSPS) is 11.6. The molecular formula is C13H18F3NO2. The van der Waals surface area contributed by atoms with Crippen molar-refractivity contribution >= 4 is 0 Å². The monoisotopic (exact) mass is 277 g/mol. The van der Waals surface area contributed by atoms with Crippen LogP contribution in [0.4, 0.5) is 13.2 Å². The van der Waals surface area contributed by atoms with Crippen molar-refractivity contribution in [2.24, 2.45) is 0 Å². The Hall–Kier alpha value is -1.27. The molecule has 0 unspecified atom stereocenters. The van der Waals surface area contributed by atoms with Crippen LogP contribution < -0.4 is 10.1 Å². The van der Waals surface area contributed by atoms with Gasteiger partial charge in [-0.1, -0.05) is 12.1 Å². The van der Waals surface area contributed by atoms with E-state index in [1.165, 1.54) is 18.2 Å². The molecule has 6 heteroatoms. The Morgan fingerprint density at radius 2 is 2.05 bits per heavy atom. The summed E-state index contributed by atoms with van der Waals surface area (Å²) >= 11 is 0. The molecule has 1 aromatic rings. The van der Waals surface area contributed by atoms with Gasteiger partial charge in [0.1, 0.15) is 5.75 Å². The minimum Gasteiger partial charge on any atom is -0.406 e. The lowest BCUT2D eigenvalue weighted by Gasteiger charge is -2.10. The molecule has 0 atom stereocenters. The summed E-state index contributed by atoms with van der Waals surface area (Å²) in [5, 5.41) is 3.13. The zero-order chi connectivity index (χ0) is 14.1. The average Bonchev–Trinajstić information content (AvgIpc) is 2.32. The van der Waals surface area contributed by atoms with E-state index in [0.717, 1.165) is 18.5 Å². The zero-order valence-corrected chi connectivity index (χ0v) is 10.8. The number of ether oxygens (including phenoxy) is 2. The molecule has 0 saturated heterocycles. The largest absolute Gasteiger partial charge is 0.573 e. The Kier molecular flexibility index (Phi) is 6.66. The van der Waals surface area contributed by atoms with E-state index in [1.54, 1.807) is 6.07 Å². The van der Waals surface area contributed by atoms with Crippen molar-refractivity contribution in [1.29, 1.82) is 0 Å². The van der Waals surface area contributed by atoms with E-state index >= 15 is 0 Å². The summed E-state index contributed by atoms with van der Waals surface area (Å²) in [4.78, 5) is 0. The van der Waals surface area contributed by atoms with Gasteiger partial charge >= 0.3 is 6.36 Å². The van der Waals surface area contributed by atoms with E-state index in [-0.39, 0.29) is 5.75 Å².